The summed E-state index contributed by atoms with van der Waals surface area (Å²) in [7, 11) is 3.33. The molecule has 0 saturated heterocycles. The lowest BCUT2D eigenvalue weighted by molar-refractivity contribution is 0.179. The van der Waals surface area contributed by atoms with Crippen molar-refractivity contribution in [3.63, 3.8) is 0 Å². The Morgan fingerprint density at radius 3 is 2.70 bits per heavy atom. The van der Waals surface area contributed by atoms with E-state index in [1.54, 1.807) is 14.2 Å². The summed E-state index contributed by atoms with van der Waals surface area (Å²) >= 11 is 0. The van der Waals surface area contributed by atoms with Gasteiger partial charge >= 0.3 is 0 Å². The maximum absolute atomic E-state index is 8.86. The molecule has 0 aliphatic heterocycles. The lowest BCUT2D eigenvalue weighted by Gasteiger charge is -2.20. The fourth-order valence-corrected chi connectivity index (χ4v) is 2.22. The van der Waals surface area contributed by atoms with Gasteiger partial charge in [0.2, 0.25) is 0 Å². The van der Waals surface area contributed by atoms with Crippen LogP contribution in [0, 0.1) is 5.92 Å². The van der Waals surface area contributed by atoms with E-state index in [1.165, 1.54) is 12.8 Å². The molecule has 1 atom stereocenters. The van der Waals surface area contributed by atoms with Crippen molar-refractivity contribution in [2.75, 3.05) is 39.4 Å². The molecule has 0 amide bonds. The maximum atomic E-state index is 8.86. The third kappa shape index (κ3) is 4.02. The summed E-state index contributed by atoms with van der Waals surface area (Å²) in [6.45, 7) is 0.933. The Bertz CT molecular complexity index is 420. The van der Waals surface area contributed by atoms with Crippen LogP contribution in [0.5, 0.6) is 11.5 Å². The first kappa shape index (κ1) is 14.9. The number of methoxy groups -OCH3 is 2. The van der Waals surface area contributed by atoms with E-state index in [0.717, 1.165) is 5.69 Å². The van der Waals surface area contributed by atoms with E-state index in [2.05, 4.69) is 5.32 Å². The van der Waals surface area contributed by atoms with Gasteiger partial charge in [-0.05, 0) is 30.9 Å². The van der Waals surface area contributed by atoms with Gasteiger partial charge in [0.15, 0.2) is 11.5 Å². The van der Waals surface area contributed by atoms with Crippen LogP contribution in [-0.2, 0) is 4.74 Å². The first-order valence-corrected chi connectivity index (χ1v) is 6.95. The highest BCUT2D eigenvalue weighted by Crippen LogP contribution is 2.36. The van der Waals surface area contributed by atoms with Crippen LogP contribution >= 0.6 is 0 Å². The Hall–Kier alpha value is -1.46. The first-order chi connectivity index (χ1) is 9.78. The molecular weight excluding hydrogens is 258 g/mol. The summed E-state index contributed by atoms with van der Waals surface area (Å²) in [5, 5.41) is 12.3. The van der Waals surface area contributed by atoms with Crippen LogP contribution in [0.4, 0.5) is 5.69 Å². The molecule has 1 fully saturated rings. The number of aliphatic hydroxyl groups excluding tert-OH is 1. The number of rotatable bonds is 9. The second-order valence-corrected chi connectivity index (χ2v) is 4.98. The van der Waals surface area contributed by atoms with Gasteiger partial charge in [-0.1, -0.05) is 0 Å². The van der Waals surface area contributed by atoms with Crippen LogP contribution in [0.2, 0.25) is 0 Å². The van der Waals surface area contributed by atoms with E-state index in [0.29, 0.717) is 30.1 Å². The predicted molar refractivity (Wildman–Crippen MR) is 77.6 cm³/mol. The molecule has 1 aromatic carbocycles. The highest BCUT2D eigenvalue weighted by atomic mass is 16.5. The molecule has 1 aliphatic rings. The molecular formula is C15H23NO4. The van der Waals surface area contributed by atoms with Crippen LogP contribution < -0.4 is 14.8 Å². The second-order valence-electron chi connectivity index (χ2n) is 4.98. The Morgan fingerprint density at radius 2 is 2.10 bits per heavy atom. The number of hydrogen-bond acceptors (Lipinski definition) is 5. The lowest BCUT2D eigenvalue weighted by atomic mass is 10.2. The number of anilines is 1. The molecule has 1 saturated carbocycles. The minimum absolute atomic E-state index is 0.0187. The molecule has 112 valence electrons. The molecule has 1 aromatic rings. The average Bonchev–Trinajstić information content (AvgIpc) is 3.29. The van der Waals surface area contributed by atoms with E-state index in [1.807, 2.05) is 18.2 Å². The first-order valence-electron chi connectivity index (χ1n) is 6.95. The molecule has 2 rings (SSSR count). The smallest absolute Gasteiger partial charge is 0.163 e. The van der Waals surface area contributed by atoms with Gasteiger partial charge < -0.3 is 24.6 Å². The van der Waals surface area contributed by atoms with Crippen molar-refractivity contribution >= 4 is 5.69 Å². The number of aliphatic hydroxyl groups is 1. The van der Waals surface area contributed by atoms with Crippen molar-refractivity contribution in [2.24, 2.45) is 5.92 Å². The molecule has 0 spiro atoms. The lowest BCUT2D eigenvalue weighted by Crippen LogP contribution is -2.27. The summed E-state index contributed by atoms with van der Waals surface area (Å²) in [5.74, 6) is 2.00. The summed E-state index contributed by atoms with van der Waals surface area (Å²) in [4.78, 5) is 0. The third-order valence-corrected chi connectivity index (χ3v) is 3.40. The summed E-state index contributed by atoms with van der Waals surface area (Å²) in [5.41, 5.74) is 0.979. The molecule has 0 heterocycles. The molecule has 0 aromatic heterocycles. The van der Waals surface area contributed by atoms with E-state index >= 15 is 0 Å². The zero-order chi connectivity index (χ0) is 14.4. The van der Waals surface area contributed by atoms with Gasteiger partial charge in [0.05, 0.1) is 26.4 Å². The van der Waals surface area contributed by atoms with Crippen LogP contribution in [-0.4, -0.2) is 45.2 Å². The predicted octanol–water partition coefficient (Wildman–Crippen LogP) is 1.90. The van der Waals surface area contributed by atoms with Gasteiger partial charge in [0.25, 0.3) is 0 Å². The largest absolute Gasteiger partial charge is 0.493 e. The van der Waals surface area contributed by atoms with Crippen LogP contribution in [0.25, 0.3) is 0 Å². The average molecular weight is 281 g/mol. The topological polar surface area (TPSA) is 60.0 Å². The SMILES string of the molecule is COCC(Nc1ccc(OC)c(OCCO)c1)C1CC1. The standard InChI is InChI=1S/C15H23NO4/c1-18-10-13(11-3-4-11)16-12-5-6-14(19-2)15(9-12)20-8-7-17/h5-6,9,11,13,16-17H,3-4,7-8,10H2,1-2H3. The second kappa shape index (κ2) is 7.36. The molecule has 1 unspecified atom stereocenters. The minimum atomic E-state index is -0.0187. The van der Waals surface area contributed by atoms with E-state index in [-0.39, 0.29) is 13.2 Å². The van der Waals surface area contributed by atoms with Crippen molar-refractivity contribution in [2.45, 2.75) is 18.9 Å². The van der Waals surface area contributed by atoms with E-state index in [9.17, 15) is 0 Å². The number of nitrogens with one attached hydrogen (secondary N) is 1. The Morgan fingerprint density at radius 1 is 1.30 bits per heavy atom. The van der Waals surface area contributed by atoms with Crippen molar-refractivity contribution in [1.29, 1.82) is 0 Å². The molecule has 5 heteroatoms. The van der Waals surface area contributed by atoms with Crippen molar-refractivity contribution in [1.82, 2.24) is 0 Å². The molecule has 0 bridgehead atoms. The molecule has 1 aliphatic carbocycles. The maximum Gasteiger partial charge on any atom is 0.163 e. The fraction of sp³-hybridized carbons (Fsp3) is 0.600. The number of ether oxygens (including phenoxy) is 3. The zero-order valence-corrected chi connectivity index (χ0v) is 12.1. The van der Waals surface area contributed by atoms with Gasteiger partial charge in [0.1, 0.15) is 6.61 Å². The van der Waals surface area contributed by atoms with Crippen molar-refractivity contribution < 1.29 is 19.3 Å². The molecule has 2 N–H and O–H groups in total. The Kier molecular flexibility index (Phi) is 5.49. The third-order valence-electron chi connectivity index (χ3n) is 3.40. The van der Waals surface area contributed by atoms with Crippen LogP contribution in [0.15, 0.2) is 18.2 Å². The Labute approximate surface area is 119 Å². The molecule has 20 heavy (non-hydrogen) atoms. The van der Waals surface area contributed by atoms with Gasteiger partial charge in [0, 0.05) is 18.9 Å². The monoisotopic (exact) mass is 281 g/mol. The van der Waals surface area contributed by atoms with Crippen molar-refractivity contribution in [3.8, 4) is 11.5 Å². The van der Waals surface area contributed by atoms with Gasteiger partial charge in [-0.2, -0.15) is 0 Å². The van der Waals surface area contributed by atoms with Crippen molar-refractivity contribution in [3.05, 3.63) is 18.2 Å². The molecule has 5 nitrogen and oxygen atoms in total. The number of benzene rings is 1. The summed E-state index contributed by atoms with van der Waals surface area (Å²) in [6.07, 6.45) is 2.51. The fourth-order valence-electron chi connectivity index (χ4n) is 2.22. The highest BCUT2D eigenvalue weighted by Gasteiger charge is 2.31. The quantitative estimate of drug-likeness (QED) is 0.724. The summed E-state index contributed by atoms with van der Waals surface area (Å²) < 4.78 is 16.0. The van der Waals surface area contributed by atoms with Crippen LogP contribution in [0.3, 0.4) is 0 Å². The minimum Gasteiger partial charge on any atom is -0.493 e. The highest BCUT2D eigenvalue weighted by molar-refractivity contribution is 5.55. The molecule has 0 radical (unpaired) electrons. The number of hydrogen-bond donors (Lipinski definition) is 2. The normalized spacial score (nSPS) is 15.8. The Balaban J connectivity index is 2.06. The summed E-state index contributed by atoms with van der Waals surface area (Å²) in [6, 6.07) is 6.07. The zero-order valence-electron chi connectivity index (χ0n) is 12.1. The van der Waals surface area contributed by atoms with E-state index in [4.69, 9.17) is 19.3 Å². The van der Waals surface area contributed by atoms with Crippen LogP contribution in [0.1, 0.15) is 12.8 Å². The van der Waals surface area contributed by atoms with Gasteiger partial charge in [-0.25, -0.2) is 0 Å². The van der Waals surface area contributed by atoms with Gasteiger partial charge in [-0.15, -0.1) is 0 Å². The van der Waals surface area contributed by atoms with Gasteiger partial charge in [-0.3, -0.25) is 0 Å². The van der Waals surface area contributed by atoms with E-state index < -0.39 is 0 Å².